The minimum atomic E-state index is -5.08. The van der Waals surface area contributed by atoms with Gasteiger partial charge in [-0.3, -0.25) is 4.79 Å². The summed E-state index contributed by atoms with van der Waals surface area (Å²) < 4.78 is 47.5. The van der Waals surface area contributed by atoms with Gasteiger partial charge in [0.15, 0.2) is 5.82 Å². The van der Waals surface area contributed by atoms with Gasteiger partial charge in [-0.25, -0.2) is 9.18 Å². The van der Waals surface area contributed by atoms with Gasteiger partial charge in [0, 0.05) is 47.0 Å². The number of nitrogens with one attached hydrogen (secondary N) is 3. The molecule has 0 saturated heterocycles. The van der Waals surface area contributed by atoms with Gasteiger partial charge in [0.1, 0.15) is 11.6 Å². The lowest BCUT2D eigenvalue weighted by atomic mass is 10.0. The lowest BCUT2D eigenvalue weighted by Crippen LogP contribution is -2.50. The van der Waals surface area contributed by atoms with E-state index in [1.165, 1.54) is 23.1 Å². The van der Waals surface area contributed by atoms with Crippen LogP contribution < -0.4 is 11.1 Å². The Morgan fingerprint density at radius 1 is 0.878 bits per heavy atom. The molecule has 10 nitrogen and oxygen atoms in total. The number of rotatable bonds is 10. The number of carboxylic acid groups (broad SMARTS) is 1. The van der Waals surface area contributed by atoms with Crippen molar-refractivity contribution in [3.63, 3.8) is 0 Å². The highest BCUT2D eigenvalue weighted by atomic mass is 19.4. The van der Waals surface area contributed by atoms with Gasteiger partial charge < -0.3 is 30.7 Å². The first-order valence-electron chi connectivity index (χ1n) is 15.4. The molecule has 14 heteroatoms. The van der Waals surface area contributed by atoms with Crippen molar-refractivity contribution in [2.24, 2.45) is 5.73 Å². The van der Waals surface area contributed by atoms with E-state index in [-0.39, 0.29) is 11.7 Å². The molecule has 1 amide bonds. The van der Waals surface area contributed by atoms with Crippen LogP contribution in [0.3, 0.4) is 0 Å². The second-order valence-electron chi connectivity index (χ2n) is 12.2. The average Bonchev–Trinajstić information content (AvgIpc) is 3.77. The van der Waals surface area contributed by atoms with Crippen molar-refractivity contribution in [3.05, 3.63) is 119 Å². The van der Waals surface area contributed by atoms with E-state index in [0.717, 1.165) is 39.8 Å². The number of carbonyl (C=O) groups is 2. The number of carbonyl (C=O) groups excluding carboxylic acids is 1. The molecule has 1 atom stereocenters. The number of fused-ring (bicyclic) bond motifs is 2. The molecular formula is C35H35F4N7O3. The minimum absolute atomic E-state index is 0.288. The molecule has 0 fully saturated rings. The Kier molecular flexibility index (Phi) is 10.2. The molecule has 0 saturated carbocycles. The average molecular weight is 678 g/mol. The Hall–Kier alpha value is -5.50. The monoisotopic (exact) mass is 677 g/mol. The van der Waals surface area contributed by atoms with Crippen LogP contribution in [0.1, 0.15) is 48.2 Å². The maximum atomic E-state index is 13.8. The standard InChI is InChI=1S/C33H34FN7O.C2HF3O2/c1-33(2,35)32(42)38-29(17-23-19-37-28-10-6-4-8-26(23)28)31-40-39-30(41(31)20-21-11-14-24(34)15-12-21)16-13-22-18-36-27-9-5-3-7-25(22)27;3-2(4,5)1(6)7/h3-12,14-15,18-19,29,36-37H,13,16-17,20,35H2,1-2H3,(H,38,42);(H,6,7)/t29-;/m1./s1. The number of halogens is 4. The SMILES string of the molecule is CC(C)(N)C(=O)N[C@H](Cc1c[nH]c2ccccc12)c1nnc(CCc2c[nH]c3ccccc23)n1Cc1ccc(F)cc1.O=C(O)C(F)(F)F. The summed E-state index contributed by atoms with van der Waals surface area (Å²) in [5.74, 6) is -1.94. The van der Waals surface area contributed by atoms with E-state index >= 15 is 0 Å². The van der Waals surface area contributed by atoms with E-state index < -0.39 is 23.7 Å². The molecule has 6 rings (SSSR count). The number of alkyl halides is 3. The molecular weight excluding hydrogens is 642 g/mol. The molecule has 256 valence electrons. The van der Waals surface area contributed by atoms with Gasteiger partial charge in [-0.15, -0.1) is 10.2 Å². The Labute approximate surface area is 278 Å². The van der Waals surface area contributed by atoms with Crippen molar-refractivity contribution < 1.29 is 32.3 Å². The quantitative estimate of drug-likeness (QED) is 0.112. The van der Waals surface area contributed by atoms with E-state index in [1.54, 1.807) is 26.0 Å². The van der Waals surface area contributed by atoms with Crippen LogP contribution in [-0.4, -0.2) is 53.4 Å². The summed E-state index contributed by atoms with van der Waals surface area (Å²) >= 11 is 0. The number of aliphatic carboxylic acids is 1. The van der Waals surface area contributed by atoms with Gasteiger partial charge in [-0.05, 0) is 61.2 Å². The normalized spacial score (nSPS) is 12.5. The van der Waals surface area contributed by atoms with Gasteiger partial charge in [0.25, 0.3) is 0 Å². The fourth-order valence-corrected chi connectivity index (χ4v) is 5.39. The van der Waals surface area contributed by atoms with Crippen LogP contribution in [0.5, 0.6) is 0 Å². The fourth-order valence-electron chi connectivity index (χ4n) is 5.39. The number of nitrogens with two attached hydrogens (primary N) is 1. The first kappa shape index (κ1) is 34.8. The zero-order valence-electron chi connectivity index (χ0n) is 26.7. The molecule has 0 aliphatic rings. The summed E-state index contributed by atoms with van der Waals surface area (Å²) in [6, 6.07) is 22.2. The zero-order valence-corrected chi connectivity index (χ0v) is 26.7. The molecule has 3 aromatic carbocycles. The van der Waals surface area contributed by atoms with Crippen molar-refractivity contribution in [2.75, 3.05) is 0 Å². The van der Waals surface area contributed by atoms with Crippen molar-refractivity contribution >= 4 is 33.7 Å². The van der Waals surface area contributed by atoms with Crippen LogP contribution in [0.15, 0.2) is 85.2 Å². The Balaban J connectivity index is 0.000000606. The summed E-state index contributed by atoms with van der Waals surface area (Å²) in [6.45, 7) is 3.79. The van der Waals surface area contributed by atoms with Crippen LogP contribution in [0.2, 0.25) is 0 Å². The topological polar surface area (TPSA) is 155 Å². The number of aromatic nitrogens is 5. The second-order valence-corrected chi connectivity index (χ2v) is 12.2. The predicted octanol–water partition coefficient (Wildman–Crippen LogP) is 5.98. The van der Waals surface area contributed by atoms with Crippen LogP contribution in [0, 0.1) is 5.82 Å². The lowest BCUT2D eigenvalue weighted by Gasteiger charge is -2.25. The highest BCUT2D eigenvalue weighted by molar-refractivity contribution is 5.86. The smallest absolute Gasteiger partial charge is 0.475 e. The summed E-state index contributed by atoms with van der Waals surface area (Å²) in [7, 11) is 0. The largest absolute Gasteiger partial charge is 0.490 e. The number of para-hydroxylation sites is 2. The number of benzene rings is 3. The number of H-pyrrole nitrogens is 2. The molecule has 6 aromatic rings. The van der Waals surface area contributed by atoms with Gasteiger partial charge in [0.05, 0.1) is 18.1 Å². The first-order valence-corrected chi connectivity index (χ1v) is 15.4. The highest BCUT2D eigenvalue weighted by Crippen LogP contribution is 2.27. The van der Waals surface area contributed by atoms with Crippen LogP contribution in [-0.2, 0) is 35.4 Å². The molecule has 0 radical (unpaired) electrons. The van der Waals surface area contributed by atoms with Crippen molar-refractivity contribution in [1.82, 2.24) is 30.0 Å². The molecule has 0 aliphatic carbocycles. The maximum Gasteiger partial charge on any atom is 0.490 e. The number of hydrogen-bond acceptors (Lipinski definition) is 5. The van der Waals surface area contributed by atoms with Gasteiger partial charge in [-0.1, -0.05) is 48.5 Å². The molecule has 49 heavy (non-hydrogen) atoms. The van der Waals surface area contributed by atoms with Gasteiger partial charge in [0.2, 0.25) is 5.91 Å². The molecule has 0 unspecified atom stereocenters. The summed E-state index contributed by atoms with van der Waals surface area (Å²) in [5, 5.41) is 21.8. The van der Waals surface area contributed by atoms with E-state index in [2.05, 4.69) is 43.7 Å². The second kappa shape index (κ2) is 14.3. The third-order valence-corrected chi connectivity index (χ3v) is 7.95. The summed E-state index contributed by atoms with van der Waals surface area (Å²) in [4.78, 5) is 28.8. The van der Waals surface area contributed by atoms with Crippen LogP contribution >= 0.6 is 0 Å². The van der Waals surface area contributed by atoms with Gasteiger partial charge >= 0.3 is 12.1 Å². The number of carboxylic acids is 1. The van der Waals surface area contributed by atoms with Crippen LogP contribution in [0.4, 0.5) is 17.6 Å². The summed E-state index contributed by atoms with van der Waals surface area (Å²) in [6.07, 6.45) is 0.786. The van der Waals surface area contributed by atoms with E-state index in [1.807, 2.05) is 47.3 Å². The molecule has 6 N–H and O–H groups in total. The number of nitrogens with zero attached hydrogens (tertiary/aromatic N) is 3. The number of amides is 1. The number of hydrogen-bond donors (Lipinski definition) is 5. The Morgan fingerprint density at radius 3 is 2.00 bits per heavy atom. The Morgan fingerprint density at radius 2 is 1.43 bits per heavy atom. The maximum absolute atomic E-state index is 13.8. The molecule has 3 aromatic heterocycles. The zero-order chi connectivity index (χ0) is 35.3. The lowest BCUT2D eigenvalue weighted by molar-refractivity contribution is -0.192. The predicted molar refractivity (Wildman–Crippen MR) is 176 cm³/mol. The van der Waals surface area contributed by atoms with E-state index in [4.69, 9.17) is 15.6 Å². The van der Waals surface area contributed by atoms with Gasteiger partial charge in [-0.2, -0.15) is 13.2 Å². The van der Waals surface area contributed by atoms with Crippen molar-refractivity contribution in [2.45, 2.75) is 57.4 Å². The Bertz CT molecular complexity index is 2060. The van der Waals surface area contributed by atoms with Crippen molar-refractivity contribution in [3.8, 4) is 0 Å². The van der Waals surface area contributed by atoms with E-state index in [0.29, 0.717) is 25.2 Å². The van der Waals surface area contributed by atoms with Crippen molar-refractivity contribution in [1.29, 1.82) is 0 Å². The third-order valence-electron chi connectivity index (χ3n) is 7.95. The first-order chi connectivity index (χ1) is 23.2. The molecule has 3 heterocycles. The molecule has 0 aliphatic heterocycles. The highest BCUT2D eigenvalue weighted by Gasteiger charge is 2.38. The molecule has 0 spiro atoms. The van der Waals surface area contributed by atoms with Crippen LogP contribution in [0.25, 0.3) is 21.8 Å². The minimum Gasteiger partial charge on any atom is -0.475 e. The summed E-state index contributed by atoms with van der Waals surface area (Å²) in [5.41, 5.74) is 10.4. The third kappa shape index (κ3) is 8.51. The number of aryl methyl sites for hydroxylation is 2. The fraction of sp³-hybridized carbons (Fsp3) is 0.257. The van der Waals surface area contributed by atoms with E-state index in [9.17, 15) is 22.4 Å². The number of aromatic amines is 2. The molecule has 0 bridgehead atoms.